The zero-order valence-corrected chi connectivity index (χ0v) is 13.1. The third-order valence-corrected chi connectivity index (χ3v) is 3.41. The highest BCUT2D eigenvalue weighted by Crippen LogP contribution is 2.28. The van der Waals surface area contributed by atoms with Gasteiger partial charge in [0.25, 0.3) is 0 Å². The third-order valence-electron chi connectivity index (χ3n) is 3.41. The van der Waals surface area contributed by atoms with E-state index < -0.39 is 0 Å². The molecule has 0 aliphatic heterocycles. The van der Waals surface area contributed by atoms with Crippen molar-refractivity contribution in [2.24, 2.45) is 0 Å². The van der Waals surface area contributed by atoms with Crippen molar-refractivity contribution in [3.05, 3.63) is 35.2 Å². The lowest BCUT2D eigenvalue weighted by molar-refractivity contribution is 0.563. The number of aromatic nitrogens is 2. The fraction of sp³-hybridized carbons (Fsp3) is 0.529. The SMILES string of the molecule is Cc1nc2cc(C(C)(C)C)ccc2nc1C(C)(C)C. The van der Waals surface area contributed by atoms with E-state index in [1.165, 1.54) is 5.56 Å². The van der Waals surface area contributed by atoms with E-state index in [2.05, 4.69) is 66.7 Å². The number of nitrogens with zero attached hydrogens (tertiary/aromatic N) is 2. The lowest BCUT2D eigenvalue weighted by Crippen LogP contribution is -2.17. The van der Waals surface area contributed by atoms with E-state index in [1.807, 2.05) is 0 Å². The molecule has 0 aliphatic carbocycles. The van der Waals surface area contributed by atoms with E-state index in [1.54, 1.807) is 0 Å². The summed E-state index contributed by atoms with van der Waals surface area (Å²) in [5, 5.41) is 0. The van der Waals surface area contributed by atoms with Gasteiger partial charge >= 0.3 is 0 Å². The first-order valence-corrected chi connectivity index (χ1v) is 6.88. The van der Waals surface area contributed by atoms with Crippen molar-refractivity contribution in [1.82, 2.24) is 9.97 Å². The molecule has 2 rings (SSSR count). The summed E-state index contributed by atoms with van der Waals surface area (Å²) in [6.07, 6.45) is 0. The van der Waals surface area contributed by atoms with Crippen molar-refractivity contribution in [3.8, 4) is 0 Å². The Balaban J connectivity index is 2.65. The van der Waals surface area contributed by atoms with Crippen LogP contribution < -0.4 is 0 Å². The molecule has 19 heavy (non-hydrogen) atoms. The number of benzene rings is 1. The molecule has 2 nitrogen and oxygen atoms in total. The molecule has 0 spiro atoms. The number of rotatable bonds is 0. The maximum absolute atomic E-state index is 4.81. The van der Waals surface area contributed by atoms with Crippen LogP contribution in [-0.2, 0) is 10.8 Å². The Kier molecular flexibility index (Phi) is 3.16. The number of hydrogen-bond acceptors (Lipinski definition) is 2. The molecule has 0 fully saturated rings. The quantitative estimate of drug-likeness (QED) is 0.692. The van der Waals surface area contributed by atoms with Crippen LogP contribution in [0.5, 0.6) is 0 Å². The molecular formula is C17H24N2. The van der Waals surface area contributed by atoms with Gasteiger partial charge in [-0.15, -0.1) is 0 Å². The van der Waals surface area contributed by atoms with Crippen LogP contribution in [0.15, 0.2) is 18.2 Å². The first-order chi connectivity index (χ1) is 8.59. The second-order valence-electron chi connectivity index (χ2n) is 7.36. The normalized spacial score (nSPS) is 13.0. The number of aryl methyl sites for hydroxylation is 1. The highest BCUT2D eigenvalue weighted by Gasteiger charge is 2.20. The Hall–Kier alpha value is -1.44. The average molecular weight is 256 g/mol. The third kappa shape index (κ3) is 2.78. The number of hydrogen-bond donors (Lipinski definition) is 0. The fourth-order valence-electron chi connectivity index (χ4n) is 2.32. The Morgan fingerprint density at radius 1 is 0.789 bits per heavy atom. The summed E-state index contributed by atoms with van der Waals surface area (Å²) in [5.74, 6) is 0. The van der Waals surface area contributed by atoms with Crippen molar-refractivity contribution in [2.45, 2.75) is 59.3 Å². The van der Waals surface area contributed by atoms with E-state index in [0.29, 0.717) is 0 Å². The van der Waals surface area contributed by atoms with Crippen molar-refractivity contribution in [2.75, 3.05) is 0 Å². The van der Waals surface area contributed by atoms with Gasteiger partial charge in [-0.2, -0.15) is 0 Å². The van der Waals surface area contributed by atoms with Crippen molar-refractivity contribution in [3.63, 3.8) is 0 Å². The zero-order chi connectivity index (χ0) is 14.4. The minimum atomic E-state index is 0.0357. The molecule has 0 saturated heterocycles. The van der Waals surface area contributed by atoms with Gasteiger partial charge in [-0.05, 0) is 30.0 Å². The Morgan fingerprint density at radius 3 is 1.95 bits per heavy atom. The molecule has 0 unspecified atom stereocenters. The topological polar surface area (TPSA) is 25.8 Å². The first-order valence-electron chi connectivity index (χ1n) is 6.88. The molecule has 0 saturated carbocycles. The summed E-state index contributed by atoms with van der Waals surface area (Å²) in [5.41, 5.74) is 5.59. The van der Waals surface area contributed by atoms with Crippen molar-refractivity contribution in [1.29, 1.82) is 0 Å². The van der Waals surface area contributed by atoms with E-state index in [9.17, 15) is 0 Å². The summed E-state index contributed by atoms with van der Waals surface area (Å²) in [6, 6.07) is 6.43. The first kappa shape index (κ1) is 14.0. The standard InChI is InChI=1S/C17H24N2/c1-11-15(17(5,6)7)19-13-9-8-12(16(2,3)4)10-14(13)18-11/h8-10H,1-7H3. The van der Waals surface area contributed by atoms with Gasteiger partial charge in [-0.25, -0.2) is 9.97 Å². The summed E-state index contributed by atoms with van der Waals surface area (Å²) >= 11 is 0. The summed E-state index contributed by atoms with van der Waals surface area (Å²) in [7, 11) is 0. The molecule has 2 aromatic rings. The molecule has 0 aliphatic rings. The fourth-order valence-corrected chi connectivity index (χ4v) is 2.32. The summed E-state index contributed by atoms with van der Waals surface area (Å²) in [6.45, 7) is 15.3. The maximum atomic E-state index is 4.81. The second kappa shape index (κ2) is 4.29. The predicted octanol–water partition coefficient (Wildman–Crippen LogP) is 4.53. The lowest BCUT2D eigenvalue weighted by Gasteiger charge is -2.22. The minimum Gasteiger partial charge on any atom is -0.250 e. The average Bonchev–Trinajstić information content (AvgIpc) is 2.24. The molecular weight excluding hydrogens is 232 g/mol. The van der Waals surface area contributed by atoms with Gasteiger partial charge in [0.2, 0.25) is 0 Å². The van der Waals surface area contributed by atoms with Gasteiger partial charge in [0.05, 0.1) is 22.4 Å². The minimum absolute atomic E-state index is 0.0357. The monoisotopic (exact) mass is 256 g/mol. The van der Waals surface area contributed by atoms with Crippen LogP contribution >= 0.6 is 0 Å². The van der Waals surface area contributed by atoms with Crippen LogP contribution in [0.2, 0.25) is 0 Å². The second-order valence-corrected chi connectivity index (χ2v) is 7.36. The Labute approximate surface area is 116 Å². The lowest BCUT2D eigenvalue weighted by atomic mass is 9.86. The van der Waals surface area contributed by atoms with Gasteiger partial charge in [0, 0.05) is 5.41 Å². The molecule has 1 aromatic heterocycles. The molecule has 102 valence electrons. The molecule has 1 aromatic carbocycles. The molecule has 0 amide bonds. The highest BCUT2D eigenvalue weighted by atomic mass is 14.8. The summed E-state index contributed by atoms with van der Waals surface area (Å²) < 4.78 is 0. The van der Waals surface area contributed by atoms with Gasteiger partial charge in [0.1, 0.15) is 0 Å². The van der Waals surface area contributed by atoms with E-state index in [-0.39, 0.29) is 10.8 Å². The molecule has 0 radical (unpaired) electrons. The van der Waals surface area contributed by atoms with Gasteiger partial charge in [0.15, 0.2) is 0 Å². The molecule has 0 bridgehead atoms. The number of fused-ring (bicyclic) bond motifs is 1. The largest absolute Gasteiger partial charge is 0.250 e. The van der Waals surface area contributed by atoms with Crippen LogP contribution in [0.25, 0.3) is 11.0 Å². The maximum Gasteiger partial charge on any atom is 0.0893 e. The van der Waals surface area contributed by atoms with Crippen LogP contribution in [0.4, 0.5) is 0 Å². The molecule has 2 heteroatoms. The predicted molar refractivity (Wildman–Crippen MR) is 81.7 cm³/mol. The Bertz CT molecular complexity index is 613. The smallest absolute Gasteiger partial charge is 0.0893 e. The van der Waals surface area contributed by atoms with Gasteiger partial charge < -0.3 is 0 Å². The van der Waals surface area contributed by atoms with E-state index in [0.717, 1.165) is 22.4 Å². The molecule has 0 N–H and O–H groups in total. The van der Waals surface area contributed by atoms with E-state index in [4.69, 9.17) is 9.97 Å². The van der Waals surface area contributed by atoms with Crippen LogP contribution in [0, 0.1) is 6.92 Å². The highest BCUT2D eigenvalue weighted by molar-refractivity contribution is 5.75. The van der Waals surface area contributed by atoms with Gasteiger partial charge in [-0.1, -0.05) is 47.6 Å². The van der Waals surface area contributed by atoms with Crippen molar-refractivity contribution < 1.29 is 0 Å². The van der Waals surface area contributed by atoms with Crippen LogP contribution in [0.1, 0.15) is 58.5 Å². The molecule has 0 atom stereocenters. The van der Waals surface area contributed by atoms with E-state index >= 15 is 0 Å². The van der Waals surface area contributed by atoms with Crippen LogP contribution in [-0.4, -0.2) is 9.97 Å². The molecule has 1 heterocycles. The summed E-state index contributed by atoms with van der Waals surface area (Å²) in [4.78, 5) is 9.56. The zero-order valence-electron chi connectivity index (χ0n) is 13.1. The van der Waals surface area contributed by atoms with Gasteiger partial charge in [-0.3, -0.25) is 0 Å². The van der Waals surface area contributed by atoms with Crippen molar-refractivity contribution >= 4 is 11.0 Å². The van der Waals surface area contributed by atoms with Crippen LogP contribution in [0.3, 0.4) is 0 Å². The Morgan fingerprint density at radius 2 is 1.42 bits per heavy atom.